The zero-order chi connectivity index (χ0) is 13.2. The fraction of sp³-hybridized carbons (Fsp3) is 0.818. The Hall–Kier alpha value is -0.270. The second-order valence-corrected chi connectivity index (χ2v) is 6.96. The molecular weight excluding hydrogens is 272 g/mol. The van der Waals surface area contributed by atoms with Crippen LogP contribution in [-0.4, -0.2) is 63.4 Å². The van der Waals surface area contributed by atoms with Crippen molar-refractivity contribution in [1.29, 1.82) is 0 Å². The molecule has 0 aromatic carbocycles. The highest BCUT2D eigenvalue weighted by Crippen LogP contribution is 2.17. The van der Waals surface area contributed by atoms with Crippen molar-refractivity contribution in [3.8, 4) is 0 Å². The van der Waals surface area contributed by atoms with Gasteiger partial charge in [0.05, 0.1) is 12.1 Å². The zero-order valence-corrected chi connectivity index (χ0v) is 12.3. The maximum Gasteiger partial charge on any atom is 0.207 e. The molecule has 2 heterocycles. The first kappa shape index (κ1) is 14.1. The van der Waals surface area contributed by atoms with E-state index in [9.17, 15) is 5.11 Å². The number of rotatable bonds is 4. The topological polar surface area (TPSA) is 52.5 Å². The van der Waals surface area contributed by atoms with E-state index in [1.54, 1.807) is 0 Å². The molecule has 0 radical (unpaired) electrons. The average molecular weight is 291 g/mol. The third kappa shape index (κ3) is 4.44. The van der Waals surface area contributed by atoms with E-state index in [4.69, 9.17) is 11.6 Å². The van der Waals surface area contributed by atoms with Crippen molar-refractivity contribution < 1.29 is 5.11 Å². The molecule has 0 aliphatic carbocycles. The summed E-state index contributed by atoms with van der Waals surface area (Å²) in [5.74, 6) is 0. The van der Waals surface area contributed by atoms with Gasteiger partial charge >= 0.3 is 0 Å². The van der Waals surface area contributed by atoms with Gasteiger partial charge in [0.2, 0.25) is 4.47 Å². The van der Waals surface area contributed by atoms with Crippen LogP contribution in [0.4, 0.5) is 0 Å². The molecule has 18 heavy (non-hydrogen) atoms. The van der Waals surface area contributed by atoms with Crippen LogP contribution in [0.2, 0.25) is 4.47 Å². The van der Waals surface area contributed by atoms with Crippen molar-refractivity contribution in [3.05, 3.63) is 9.47 Å². The lowest BCUT2D eigenvalue weighted by atomic mass is 10.1. The van der Waals surface area contributed by atoms with Crippen LogP contribution in [0.15, 0.2) is 0 Å². The van der Waals surface area contributed by atoms with Crippen molar-refractivity contribution in [2.24, 2.45) is 0 Å². The average Bonchev–Trinajstić information content (AvgIpc) is 2.65. The predicted molar refractivity (Wildman–Crippen MR) is 72.9 cm³/mol. The quantitative estimate of drug-likeness (QED) is 0.899. The van der Waals surface area contributed by atoms with Gasteiger partial charge in [-0.1, -0.05) is 11.3 Å². The van der Waals surface area contributed by atoms with Gasteiger partial charge in [0.15, 0.2) is 0 Å². The molecule has 2 rings (SSSR count). The van der Waals surface area contributed by atoms with Gasteiger partial charge in [-0.2, -0.15) is 0 Å². The second-order valence-electron chi connectivity index (χ2n) is 5.31. The Labute approximate surface area is 116 Å². The van der Waals surface area contributed by atoms with Crippen molar-refractivity contribution in [2.45, 2.75) is 26.0 Å². The Morgan fingerprint density at radius 3 is 2.33 bits per heavy atom. The van der Waals surface area contributed by atoms with Crippen LogP contribution in [0, 0.1) is 0 Å². The van der Waals surface area contributed by atoms with E-state index < -0.39 is 5.60 Å². The molecule has 1 aromatic heterocycles. The Morgan fingerprint density at radius 2 is 1.83 bits per heavy atom. The first-order valence-corrected chi connectivity index (χ1v) is 7.27. The van der Waals surface area contributed by atoms with Crippen molar-refractivity contribution >= 4 is 22.9 Å². The second kappa shape index (κ2) is 5.79. The Balaban J connectivity index is 1.77. The third-order valence-electron chi connectivity index (χ3n) is 2.88. The molecule has 1 saturated heterocycles. The number of hydrogen-bond donors (Lipinski definition) is 1. The monoisotopic (exact) mass is 290 g/mol. The minimum absolute atomic E-state index is 0.505. The number of aromatic nitrogens is 2. The standard InChI is InChI=1S/C11H19ClN4OS/c1-11(2,17)8-16-5-3-15(4-6-16)7-9-13-14-10(12)18-9/h17H,3-8H2,1-2H3. The summed E-state index contributed by atoms with van der Waals surface area (Å²) < 4.78 is 0.505. The summed E-state index contributed by atoms with van der Waals surface area (Å²) in [6.07, 6.45) is 0. The summed E-state index contributed by atoms with van der Waals surface area (Å²) in [5.41, 5.74) is -0.616. The largest absolute Gasteiger partial charge is 0.389 e. The van der Waals surface area contributed by atoms with Gasteiger partial charge in [0, 0.05) is 32.7 Å². The first-order valence-electron chi connectivity index (χ1n) is 6.07. The summed E-state index contributed by atoms with van der Waals surface area (Å²) >= 11 is 7.20. The molecule has 5 nitrogen and oxygen atoms in total. The molecule has 1 fully saturated rings. The van der Waals surface area contributed by atoms with E-state index in [-0.39, 0.29) is 0 Å². The van der Waals surface area contributed by atoms with Gasteiger partial charge in [-0.15, -0.1) is 10.2 Å². The van der Waals surface area contributed by atoms with Gasteiger partial charge in [0.1, 0.15) is 5.01 Å². The molecule has 0 saturated carbocycles. The van der Waals surface area contributed by atoms with E-state index in [2.05, 4.69) is 20.0 Å². The van der Waals surface area contributed by atoms with E-state index in [0.29, 0.717) is 4.47 Å². The minimum atomic E-state index is -0.616. The van der Waals surface area contributed by atoms with Crippen molar-refractivity contribution in [2.75, 3.05) is 32.7 Å². The first-order chi connectivity index (χ1) is 8.42. The molecule has 1 aliphatic heterocycles. The van der Waals surface area contributed by atoms with Crippen LogP contribution in [-0.2, 0) is 6.54 Å². The number of piperazine rings is 1. The Morgan fingerprint density at radius 1 is 1.22 bits per heavy atom. The lowest BCUT2D eigenvalue weighted by Gasteiger charge is -2.36. The highest BCUT2D eigenvalue weighted by Gasteiger charge is 2.23. The van der Waals surface area contributed by atoms with Gasteiger partial charge in [0.25, 0.3) is 0 Å². The molecule has 7 heteroatoms. The summed E-state index contributed by atoms with van der Waals surface area (Å²) in [5, 5.41) is 18.6. The predicted octanol–water partition coefficient (Wildman–Crippen LogP) is 1.08. The van der Waals surface area contributed by atoms with E-state index in [1.807, 2.05) is 13.8 Å². The fourth-order valence-electron chi connectivity index (χ4n) is 2.14. The number of nitrogens with zero attached hydrogens (tertiary/aromatic N) is 4. The number of aliphatic hydroxyl groups is 1. The number of β-amino-alcohol motifs (C(OH)–C–C–N with tert-alkyl or cyclic N) is 1. The van der Waals surface area contributed by atoms with E-state index >= 15 is 0 Å². The van der Waals surface area contributed by atoms with Crippen LogP contribution in [0.1, 0.15) is 18.9 Å². The number of hydrogen-bond acceptors (Lipinski definition) is 6. The van der Waals surface area contributed by atoms with Crippen molar-refractivity contribution in [3.63, 3.8) is 0 Å². The number of halogens is 1. The van der Waals surface area contributed by atoms with Crippen LogP contribution < -0.4 is 0 Å². The van der Waals surface area contributed by atoms with E-state index in [1.165, 1.54) is 11.3 Å². The van der Waals surface area contributed by atoms with Crippen LogP contribution >= 0.6 is 22.9 Å². The van der Waals surface area contributed by atoms with Crippen LogP contribution in [0.5, 0.6) is 0 Å². The molecule has 0 bridgehead atoms. The maximum absolute atomic E-state index is 9.79. The minimum Gasteiger partial charge on any atom is -0.389 e. The fourth-order valence-corrected chi connectivity index (χ4v) is 3.05. The van der Waals surface area contributed by atoms with Crippen LogP contribution in [0.3, 0.4) is 0 Å². The third-order valence-corrected chi connectivity index (χ3v) is 3.88. The Kier molecular flexibility index (Phi) is 4.55. The maximum atomic E-state index is 9.79. The summed E-state index contributed by atoms with van der Waals surface area (Å²) in [7, 11) is 0. The molecule has 0 amide bonds. The van der Waals surface area contributed by atoms with Gasteiger partial charge in [-0.05, 0) is 25.4 Å². The summed E-state index contributed by atoms with van der Waals surface area (Å²) in [6.45, 7) is 9.20. The van der Waals surface area contributed by atoms with Crippen LogP contribution in [0.25, 0.3) is 0 Å². The summed E-state index contributed by atoms with van der Waals surface area (Å²) in [4.78, 5) is 4.64. The molecular formula is C11H19ClN4OS. The lowest BCUT2D eigenvalue weighted by Crippen LogP contribution is -2.50. The highest BCUT2D eigenvalue weighted by molar-refractivity contribution is 7.15. The molecule has 1 N–H and O–H groups in total. The van der Waals surface area contributed by atoms with E-state index in [0.717, 1.165) is 44.3 Å². The van der Waals surface area contributed by atoms with Gasteiger partial charge in [-0.3, -0.25) is 9.80 Å². The van der Waals surface area contributed by atoms with Gasteiger partial charge < -0.3 is 5.11 Å². The lowest BCUT2D eigenvalue weighted by molar-refractivity contribution is 0.0166. The smallest absolute Gasteiger partial charge is 0.207 e. The zero-order valence-electron chi connectivity index (χ0n) is 10.8. The molecule has 0 unspecified atom stereocenters. The van der Waals surface area contributed by atoms with Gasteiger partial charge in [-0.25, -0.2) is 0 Å². The SMILES string of the molecule is CC(C)(O)CN1CCN(Cc2nnc(Cl)s2)CC1. The molecule has 1 aliphatic rings. The molecule has 1 aromatic rings. The van der Waals surface area contributed by atoms with Crippen molar-refractivity contribution in [1.82, 2.24) is 20.0 Å². The summed E-state index contributed by atoms with van der Waals surface area (Å²) in [6, 6.07) is 0. The highest BCUT2D eigenvalue weighted by atomic mass is 35.5. The normalized spacial score (nSPS) is 19.3. The Bertz CT molecular complexity index is 385. The molecule has 102 valence electrons. The molecule has 0 spiro atoms. The molecule has 0 atom stereocenters.